The zero-order valence-corrected chi connectivity index (χ0v) is 12.5. The quantitative estimate of drug-likeness (QED) is 0.869. The molecular weight excluding hydrogens is 258 g/mol. The molecule has 0 unspecified atom stereocenters. The maximum absolute atomic E-state index is 11.9. The molecule has 110 valence electrons. The molecule has 1 amide bonds. The Labute approximate surface area is 118 Å². The van der Waals surface area contributed by atoms with E-state index in [1.54, 1.807) is 20.1 Å². The molecule has 0 atom stereocenters. The molecule has 0 aliphatic carbocycles. The third-order valence-corrected chi connectivity index (χ3v) is 3.32. The van der Waals surface area contributed by atoms with Gasteiger partial charge in [0.05, 0.1) is 17.6 Å². The van der Waals surface area contributed by atoms with Crippen LogP contribution in [-0.2, 0) is 9.53 Å². The number of aromatic carboxylic acids is 1. The molecule has 1 aromatic carbocycles. The van der Waals surface area contributed by atoms with Crippen LogP contribution in [0.3, 0.4) is 0 Å². The zero-order valence-electron chi connectivity index (χ0n) is 12.5. The van der Waals surface area contributed by atoms with Crippen LogP contribution in [0.1, 0.15) is 41.8 Å². The van der Waals surface area contributed by atoms with Crippen LogP contribution in [0.15, 0.2) is 12.1 Å². The predicted molar refractivity (Wildman–Crippen MR) is 77.2 cm³/mol. The van der Waals surface area contributed by atoms with Crippen molar-refractivity contribution in [2.75, 3.05) is 12.4 Å². The Kier molecular flexibility index (Phi) is 4.89. The van der Waals surface area contributed by atoms with E-state index in [2.05, 4.69) is 5.32 Å². The van der Waals surface area contributed by atoms with E-state index in [0.717, 1.165) is 5.56 Å². The monoisotopic (exact) mass is 279 g/mol. The molecule has 0 radical (unpaired) electrons. The topological polar surface area (TPSA) is 75.6 Å². The molecule has 2 N–H and O–H groups in total. The van der Waals surface area contributed by atoms with Gasteiger partial charge in [-0.25, -0.2) is 4.79 Å². The van der Waals surface area contributed by atoms with E-state index in [1.165, 1.54) is 6.07 Å². The standard InChI is InChI=1S/C15H21NO4/c1-9-6-11(7-12(10(9)2)14(18)19)16-13(17)8-15(3,4)20-5/h6-7H,8H2,1-5H3,(H,16,17)(H,18,19). The molecule has 1 rings (SSSR count). The lowest BCUT2D eigenvalue weighted by molar-refractivity contribution is -0.121. The maximum atomic E-state index is 11.9. The third kappa shape index (κ3) is 4.06. The molecule has 0 saturated carbocycles. The summed E-state index contributed by atoms with van der Waals surface area (Å²) in [6.45, 7) is 7.19. The summed E-state index contributed by atoms with van der Waals surface area (Å²) < 4.78 is 5.20. The summed E-state index contributed by atoms with van der Waals surface area (Å²) in [5.41, 5.74) is 1.66. The first-order valence-corrected chi connectivity index (χ1v) is 6.36. The van der Waals surface area contributed by atoms with Gasteiger partial charge in [0.1, 0.15) is 0 Å². The summed E-state index contributed by atoms with van der Waals surface area (Å²) in [5, 5.41) is 11.9. The van der Waals surface area contributed by atoms with E-state index < -0.39 is 11.6 Å². The van der Waals surface area contributed by atoms with Crippen LogP contribution in [0.4, 0.5) is 5.69 Å². The zero-order chi connectivity index (χ0) is 15.5. The number of nitrogens with one attached hydrogen (secondary N) is 1. The number of hydrogen-bond donors (Lipinski definition) is 2. The number of ether oxygens (including phenoxy) is 1. The summed E-state index contributed by atoms with van der Waals surface area (Å²) >= 11 is 0. The fraction of sp³-hybridized carbons (Fsp3) is 0.467. The van der Waals surface area contributed by atoms with Gasteiger partial charge in [-0.1, -0.05) is 0 Å². The summed E-state index contributed by atoms with van der Waals surface area (Å²) in [7, 11) is 1.55. The van der Waals surface area contributed by atoms with Crippen molar-refractivity contribution >= 4 is 17.6 Å². The first-order chi connectivity index (χ1) is 9.16. The van der Waals surface area contributed by atoms with Crippen molar-refractivity contribution in [1.82, 2.24) is 0 Å². The molecule has 1 aromatic rings. The van der Waals surface area contributed by atoms with Crippen molar-refractivity contribution in [3.05, 3.63) is 28.8 Å². The van der Waals surface area contributed by atoms with Gasteiger partial charge in [0.25, 0.3) is 0 Å². The second-order valence-electron chi connectivity index (χ2n) is 5.46. The molecule has 0 fully saturated rings. The molecule has 0 heterocycles. The van der Waals surface area contributed by atoms with Crippen molar-refractivity contribution in [1.29, 1.82) is 0 Å². The van der Waals surface area contributed by atoms with Crippen LogP contribution < -0.4 is 5.32 Å². The average Bonchev–Trinajstić information content (AvgIpc) is 2.32. The Bertz CT molecular complexity index is 535. The van der Waals surface area contributed by atoms with Gasteiger partial charge in [0.2, 0.25) is 5.91 Å². The van der Waals surface area contributed by atoms with E-state index in [0.29, 0.717) is 11.3 Å². The Morgan fingerprint density at radius 3 is 2.40 bits per heavy atom. The minimum atomic E-state index is -1.00. The molecule has 0 aliphatic rings. The largest absolute Gasteiger partial charge is 0.478 e. The number of rotatable bonds is 5. The Hall–Kier alpha value is -1.88. The van der Waals surface area contributed by atoms with E-state index in [1.807, 2.05) is 20.8 Å². The maximum Gasteiger partial charge on any atom is 0.336 e. The Morgan fingerprint density at radius 2 is 1.90 bits per heavy atom. The molecular formula is C15H21NO4. The molecule has 0 spiro atoms. The first-order valence-electron chi connectivity index (χ1n) is 6.36. The van der Waals surface area contributed by atoms with Crippen LogP contribution in [-0.4, -0.2) is 29.7 Å². The van der Waals surface area contributed by atoms with Crippen LogP contribution in [0.2, 0.25) is 0 Å². The van der Waals surface area contributed by atoms with Crippen molar-refractivity contribution in [3.8, 4) is 0 Å². The number of aryl methyl sites for hydroxylation is 1. The molecule has 5 nitrogen and oxygen atoms in total. The van der Waals surface area contributed by atoms with Gasteiger partial charge >= 0.3 is 5.97 Å². The number of methoxy groups -OCH3 is 1. The summed E-state index contributed by atoms with van der Waals surface area (Å²) in [6, 6.07) is 3.24. The lowest BCUT2D eigenvalue weighted by Gasteiger charge is -2.22. The fourth-order valence-electron chi connectivity index (χ4n) is 1.82. The number of carbonyl (C=O) groups is 2. The Balaban J connectivity index is 2.94. The van der Waals surface area contributed by atoms with Crippen molar-refractivity contribution in [2.24, 2.45) is 0 Å². The van der Waals surface area contributed by atoms with Gasteiger partial charge in [-0.05, 0) is 51.0 Å². The lowest BCUT2D eigenvalue weighted by Crippen LogP contribution is -2.29. The number of carboxylic acid groups (broad SMARTS) is 1. The minimum absolute atomic E-state index is 0.193. The SMILES string of the molecule is COC(C)(C)CC(=O)Nc1cc(C)c(C)c(C(=O)O)c1. The van der Waals surface area contributed by atoms with Gasteiger partial charge in [0.15, 0.2) is 0 Å². The number of anilines is 1. The smallest absolute Gasteiger partial charge is 0.336 e. The molecule has 5 heteroatoms. The molecule has 0 saturated heterocycles. The summed E-state index contributed by atoms with van der Waals surface area (Å²) in [5.74, 6) is -1.21. The molecule has 0 bridgehead atoms. The van der Waals surface area contributed by atoms with Gasteiger partial charge < -0.3 is 15.2 Å². The number of hydrogen-bond acceptors (Lipinski definition) is 3. The first kappa shape index (κ1) is 16.2. The van der Waals surface area contributed by atoms with Gasteiger partial charge in [-0.15, -0.1) is 0 Å². The Morgan fingerprint density at radius 1 is 1.30 bits per heavy atom. The second-order valence-corrected chi connectivity index (χ2v) is 5.46. The van der Waals surface area contributed by atoms with E-state index in [9.17, 15) is 9.59 Å². The van der Waals surface area contributed by atoms with Crippen LogP contribution >= 0.6 is 0 Å². The highest BCUT2D eigenvalue weighted by Gasteiger charge is 2.21. The van der Waals surface area contributed by atoms with Crippen LogP contribution in [0.25, 0.3) is 0 Å². The predicted octanol–water partition coefficient (Wildman–Crippen LogP) is 2.76. The molecule has 20 heavy (non-hydrogen) atoms. The van der Waals surface area contributed by atoms with Gasteiger partial charge in [-0.2, -0.15) is 0 Å². The summed E-state index contributed by atoms with van der Waals surface area (Å²) in [6.07, 6.45) is 0.193. The van der Waals surface area contributed by atoms with E-state index in [-0.39, 0.29) is 17.9 Å². The van der Waals surface area contributed by atoms with Gasteiger partial charge in [0, 0.05) is 12.8 Å². The number of amides is 1. The van der Waals surface area contributed by atoms with Crippen molar-refractivity contribution in [3.63, 3.8) is 0 Å². The normalized spacial score (nSPS) is 11.2. The fourth-order valence-corrected chi connectivity index (χ4v) is 1.82. The highest BCUT2D eigenvalue weighted by Crippen LogP contribution is 2.21. The third-order valence-electron chi connectivity index (χ3n) is 3.32. The number of benzene rings is 1. The van der Waals surface area contributed by atoms with Crippen LogP contribution in [0.5, 0.6) is 0 Å². The molecule has 0 aliphatic heterocycles. The number of carboxylic acids is 1. The highest BCUT2D eigenvalue weighted by atomic mass is 16.5. The van der Waals surface area contributed by atoms with E-state index in [4.69, 9.17) is 9.84 Å². The van der Waals surface area contributed by atoms with Crippen molar-refractivity contribution < 1.29 is 19.4 Å². The molecule has 0 aromatic heterocycles. The minimum Gasteiger partial charge on any atom is -0.478 e. The van der Waals surface area contributed by atoms with Crippen molar-refractivity contribution in [2.45, 2.75) is 39.7 Å². The average molecular weight is 279 g/mol. The number of carbonyl (C=O) groups excluding carboxylic acids is 1. The lowest BCUT2D eigenvalue weighted by atomic mass is 10.0. The van der Waals surface area contributed by atoms with E-state index >= 15 is 0 Å². The van der Waals surface area contributed by atoms with Crippen LogP contribution in [0, 0.1) is 13.8 Å². The van der Waals surface area contributed by atoms with Gasteiger partial charge in [-0.3, -0.25) is 4.79 Å². The second kappa shape index (κ2) is 6.05. The summed E-state index contributed by atoms with van der Waals surface area (Å²) in [4.78, 5) is 23.1. The highest BCUT2D eigenvalue weighted by molar-refractivity contribution is 5.95.